The molecular formula is C18H16N4O2. The first-order valence-corrected chi connectivity index (χ1v) is 7.38. The standard InChI is InChI=1S/C18H16N4O2/c1-12-16(13-7-3-2-4-8-13)20-21-17(12)18(24)22-19-11-14-9-5-6-10-15(14)23/h2-11,23H,1H3,(H,20,21)(H,22,24)/b19-11-. The molecule has 0 radical (unpaired) electrons. The van der Waals surface area contributed by atoms with Crippen LogP contribution in [0.15, 0.2) is 59.7 Å². The van der Waals surface area contributed by atoms with Crippen molar-refractivity contribution in [3.8, 4) is 17.0 Å². The van der Waals surface area contributed by atoms with Gasteiger partial charge < -0.3 is 5.11 Å². The first-order chi connectivity index (χ1) is 11.7. The van der Waals surface area contributed by atoms with Gasteiger partial charge >= 0.3 is 0 Å². The zero-order chi connectivity index (χ0) is 16.9. The molecule has 1 amide bonds. The number of hydrogen-bond acceptors (Lipinski definition) is 4. The molecule has 120 valence electrons. The second-order valence-corrected chi connectivity index (χ2v) is 5.20. The maximum absolute atomic E-state index is 12.2. The van der Waals surface area contributed by atoms with E-state index in [-0.39, 0.29) is 5.75 Å². The smallest absolute Gasteiger partial charge is 0.289 e. The molecule has 1 aromatic heterocycles. The monoisotopic (exact) mass is 320 g/mol. The molecule has 0 bridgehead atoms. The van der Waals surface area contributed by atoms with Crippen LogP contribution < -0.4 is 5.43 Å². The van der Waals surface area contributed by atoms with Gasteiger partial charge in [-0.1, -0.05) is 42.5 Å². The number of aromatic amines is 1. The van der Waals surface area contributed by atoms with Crippen LogP contribution in [0.3, 0.4) is 0 Å². The average molecular weight is 320 g/mol. The molecule has 0 fully saturated rings. The highest BCUT2D eigenvalue weighted by molar-refractivity contribution is 5.96. The summed E-state index contributed by atoms with van der Waals surface area (Å²) >= 11 is 0. The van der Waals surface area contributed by atoms with Gasteiger partial charge in [0.05, 0.1) is 11.9 Å². The Bertz CT molecular complexity index is 885. The van der Waals surface area contributed by atoms with Crippen molar-refractivity contribution in [3.05, 3.63) is 71.4 Å². The fourth-order valence-electron chi connectivity index (χ4n) is 2.31. The van der Waals surface area contributed by atoms with Crippen molar-refractivity contribution in [3.63, 3.8) is 0 Å². The van der Waals surface area contributed by atoms with Crippen LogP contribution >= 0.6 is 0 Å². The van der Waals surface area contributed by atoms with Gasteiger partial charge in [0.1, 0.15) is 11.4 Å². The summed E-state index contributed by atoms with van der Waals surface area (Å²) in [6.45, 7) is 1.83. The Balaban J connectivity index is 1.75. The highest BCUT2D eigenvalue weighted by atomic mass is 16.3. The second-order valence-electron chi connectivity index (χ2n) is 5.20. The number of hydrogen-bond donors (Lipinski definition) is 3. The van der Waals surface area contributed by atoms with Crippen LogP contribution in [0, 0.1) is 6.92 Å². The molecule has 0 spiro atoms. The van der Waals surface area contributed by atoms with Crippen LogP contribution in [-0.2, 0) is 0 Å². The molecule has 0 saturated carbocycles. The van der Waals surface area contributed by atoms with E-state index in [1.807, 2.05) is 37.3 Å². The van der Waals surface area contributed by atoms with E-state index in [1.165, 1.54) is 6.21 Å². The van der Waals surface area contributed by atoms with E-state index in [9.17, 15) is 9.90 Å². The highest BCUT2D eigenvalue weighted by Crippen LogP contribution is 2.22. The van der Waals surface area contributed by atoms with Gasteiger partial charge in [-0.05, 0) is 19.1 Å². The fourth-order valence-corrected chi connectivity index (χ4v) is 2.31. The Morgan fingerprint density at radius 1 is 1.17 bits per heavy atom. The predicted octanol–water partition coefficient (Wildman–Crippen LogP) is 2.85. The fraction of sp³-hybridized carbons (Fsp3) is 0.0556. The van der Waals surface area contributed by atoms with Gasteiger partial charge in [0.15, 0.2) is 0 Å². The maximum atomic E-state index is 12.2. The molecule has 0 aliphatic heterocycles. The Hall–Kier alpha value is -3.41. The Labute approximate surface area is 138 Å². The number of aromatic hydroxyl groups is 1. The number of phenols is 1. The first-order valence-electron chi connectivity index (χ1n) is 7.38. The third-order valence-electron chi connectivity index (χ3n) is 3.59. The number of amides is 1. The Morgan fingerprint density at radius 3 is 2.62 bits per heavy atom. The van der Waals surface area contributed by atoms with Crippen LogP contribution in [0.4, 0.5) is 0 Å². The average Bonchev–Trinajstić information content (AvgIpc) is 2.99. The van der Waals surface area contributed by atoms with E-state index in [1.54, 1.807) is 24.3 Å². The molecular weight excluding hydrogens is 304 g/mol. The number of phenolic OH excluding ortho intramolecular Hbond substituents is 1. The van der Waals surface area contributed by atoms with Gasteiger partial charge in [-0.25, -0.2) is 5.43 Å². The van der Waals surface area contributed by atoms with Crippen molar-refractivity contribution in [1.29, 1.82) is 0 Å². The number of nitrogens with zero attached hydrogens (tertiary/aromatic N) is 2. The lowest BCUT2D eigenvalue weighted by molar-refractivity contribution is 0.0949. The lowest BCUT2D eigenvalue weighted by atomic mass is 10.1. The highest BCUT2D eigenvalue weighted by Gasteiger charge is 2.16. The lowest BCUT2D eigenvalue weighted by Crippen LogP contribution is -2.19. The summed E-state index contributed by atoms with van der Waals surface area (Å²) in [5.74, 6) is -0.298. The summed E-state index contributed by atoms with van der Waals surface area (Å²) < 4.78 is 0. The molecule has 1 heterocycles. The third-order valence-corrected chi connectivity index (χ3v) is 3.59. The van der Waals surface area contributed by atoms with E-state index >= 15 is 0 Å². The molecule has 0 unspecified atom stereocenters. The molecule has 6 heteroatoms. The molecule has 0 aliphatic carbocycles. The van der Waals surface area contributed by atoms with Gasteiger partial charge in [-0.15, -0.1) is 0 Å². The predicted molar refractivity (Wildman–Crippen MR) is 91.9 cm³/mol. The SMILES string of the molecule is Cc1c(-c2ccccc2)n[nH]c1C(=O)N/N=C\c1ccccc1O. The number of nitrogens with one attached hydrogen (secondary N) is 2. The van der Waals surface area contributed by atoms with E-state index in [4.69, 9.17) is 0 Å². The van der Waals surface area contributed by atoms with Crippen molar-refractivity contribution in [2.45, 2.75) is 6.92 Å². The summed E-state index contributed by atoms with van der Waals surface area (Å²) in [5.41, 5.74) is 5.70. The van der Waals surface area contributed by atoms with Crippen LogP contribution in [0.1, 0.15) is 21.6 Å². The van der Waals surface area contributed by atoms with Gasteiger partial charge in [0.2, 0.25) is 0 Å². The second kappa shape index (κ2) is 6.78. The molecule has 0 saturated heterocycles. The van der Waals surface area contributed by atoms with Crippen molar-refractivity contribution in [2.75, 3.05) is 0 Å². The Kier molecular flexibility index (Phi) is 4.38. The number of H-pyrrole nitrogens is 1. The number of carbonyl (C=O) groups excluding carboxylic acids is 1. The first kappa shape index (κ1) is 15.5. The van der Waals surface area contributed by atoms with E-state index in [2.05, 4.69) is 20.7 Å². The summed E-state index contributed by atoms with van der Waals surface area (Å²) in [6, 6.07) is 16.3. The summed E-state index contributed by atoms with van der Waals surface area (Å²) in [6.07, 6.45) is 1.39. The third kappa shape index (κ3) is 3.17. The molecule has 0 atom stereocenters. The zero-order valence-electron chi connectivity index (χ0n) is 13.0. The van der Waals surface area contributed by atoms with E-state index < -0.39 is 5.91 Å². The maximum Gasteiger partial charge on any atom is 0.289 e. The van der Waals surface area contributed by atoms with Crippen LogP contribution in [0.25, 0.3) is 11.3 Å². The summed E-state index contributed by atoms with van der Waals surface area (Å²) in [4.78, 5) is 12.2. The van der Waals surface area contributed by atoms with Crippen molar-refractivity contribution < 1.29 is 9.90 Å². The minimum absolute atomic E-state index is 0.0968. The van der Waals surface area contributed by atoms with Crippen LogP contribution in [0.5, 0.6) is 5.75 Å². The van der Waals surface area contributed by atoms with Crippen LogP contribution in [-0.4, -0.2) is 27.4 Å². The number of rotatable bonds is 4. The summed E-state index contributed by atoms with van der Waals surface area (Å²) in [5, 5.41) is 20.5. The minimum Gasteiger partial charge on any atom is -0.507 e. The zero-order valence-corrected chi connectivity index (χ0v) is 13.0. The lowest BCUT2D eigenvalue weighted by Gasteiger charge is -2.00. The van der Waals surface area contributed by atoms with Gasteiger partial charge in [0, 0.05) is 16.7 Å². The van der Waals surface area contributed by atoms with E-state index in [0.29, 0.717) is 11.3 Å². The van der Waals surface area contributed by atoms with Gasteiger partial charge in [-0.3, -0.25) is 9.89 Å². The molecule has 3 N–H and O–H groups in total. The molecule has 6 nitrogen and oxygen atoms in total. The normalized spacial score (nSPS) is 10.9. The topological polar surface area (TPSA) is 90.4 Å². The van der Waals surface area contributed by atoms with Crippen molar-refractivity contribution in [2.24, 2.45) is 5.10 Å². The minimum atomic E-state index is -0.395. The number of aromatic nitrogens is 2. The van der Waals surface area contributed by atoms with Gasteiger partial charge in [0.25, 0.3) is 5.91 Å². The molecule has 2 aromatic carbocycles. The molecule has 0 aliphatic rings. The number of benzene rings is 2. The Morgan fingerprint density at radius 2 is 1.88 bits per heavy atom. The summed E-state index contributed by atoms with van der Waals surface area (Å²) in [7, 11) is 0. The number of carbonyl (C=O) groups is 1. The molecule has 3 aromatic rings. The number of hydrazone groups is 1. The van der Waals surface area contributed by atoms with Gasteiger partial charge in [-0.2, -0.15) is 10.2 Å². The quantitative estimate of drug-likeness (QED) is 0.510. The largest absolute Gasteiger partial charge is 0.507 e. The van der Waals surface area contributed by atoms with E-state index in [0.717, 1.165) is 16.8 Å². The van der Waals surface area contributed by atoms with Crippen molar-refractivity contribution >= 4 is 12.1 Å². The number of para-hydroxylation sites is 1. The molecule has 24 heavy (non-hydrogen) atoms. The molecule has 3 rings (SSSR count). The van der Waals surface area contributed by atoms with Crippen LogP contribution in [0.2, 0.25) is 0 Å². The van der Waals surface area contributed by atoms with Crippen molar-refractivity contribution in [1.82, 2.24) is 15.6 Å².